The van der Waals surface area contributed by atoms with Gasteiger partial charge in [0, 0.05) is 45.3 Å². The topological polar surface area (TPSA) is 65.3 Å². The van der Waals surface area contributed by atoms with Crippen molar-refractivity contribution in [1.29, 1.82) is 0 Å². The van der Waals surface area contributed by atoms with E-state index >= 15 is 0 Å². The Morgan fingerprint density at radius 3 is 2.78 bits per heavy atom. The molecular weight excluding hydrogens is 318 g/mol. The van der Waals surface area contributed by atoms with Crippen molar-refractivity contribution in [3.8, 4) is 6.01 Å². The van der Waals surface area contributed by atoms with E-state index in [-0.39, 0.29) is 0 Å². The van der Waals surface area contributed by atoms with Crippen LogP contribution in [0.3, 0.4) is 0 Å². The van der Waals surface area contributed by atoms with Crippen molar-refractivity contribution in [3.63, 3.8) is 0 Å². The quantitative estimate of drug-likeness (QED) is 0.828. The van der Waals surface area contributed by atoms with Gasteiger partial charge in [-0.1, -0.05) is 11.6 Å². The molecule has 0 radical (unpaired) electrons. The fraction of sp³-hybridized carbons (Fsp3) is 0.533. The van der Waals surface area contributed by atoms with Gasteiger partial charge in [0.2, 0.25) is 0 Å². The Hall–Kier alpha value is -1.86. The molecule has 2 aromatic rings. The highest BCUT2D eigenvalue weighted by Crippen LogP contribution is 2.37. The lowest BCUT2D eigenvalue weighted by Gasteiger charge is -2.18. The Bertz CT molecular complexity index is 678. The summed E-state index contributed by atoms with van der Waals surface area (Å²) in [6, 6.07) is 0.317. The summed E-state index contributed by atoms with van der Waals surface area (Å²) in [7, 11) is 5.19. The first-order chi connectivity index (χ1) is 11.1. The Labute approximate surface area is 140 Å². The third-order valence-electron chi connectivity index (χ3n) is 4.16. The predicted molar refractivity (Wildman–Crippen MR) is 87.1 cm³/mol. The number of rotatable bonds is 5. The summed E-state index contributed by atoms with van der Waals surface area (Å²) < 4.78 is 12.3. The molecule has 7 nitrogen and oxygen atoms in total. The largest absolute Gasteiger partial charge is 0.467 e. The van der Waals surface area contributed by atoms with Crippen molar-refractivity contribution in [2.75, 3.05) is 38.8 Å². The molecule has 0 unspecified atom stereocenters. The Morgan fingerprint density at radius 2 is 2.13 bits per heavy atom. The molecule has 3 rings (SSSR count). The van der Waals surface area contributed by atoms with Gasteiger partial charge < -0.3 is 14.4 Å². The second kappa shape index (κ2) is 6.72. The number of hydrogen-bond donors (Lipinski definition) is 0. The third-order valence-corrected chi connectivity index (χ3v) is 4.43. The maximum absolute atomic E-state index is 6.29. The average Bonchev–Trinajstić information content (AvgIpc) is 3.14. The van der Waals surface area contributed by atoms with E-state index in [2.05, 4.69) is 26.2 Å². The van der Waals surface area contributed by atoms with Gasteiger partial charge in [0.15, 0.2) is 5.82 Å². The molecule has 0 bridgehead atoms. The van der Waals surface area contributed by atoms with Crippen molar-refractivity contribution < 1.29 is 9.47 Å². The molecule has 3 heterocycles. The highest BCUT2D eigenvalue weighted by Gasteiger charge is 2.36. The van der Waals surface area contributed by atoms with Crippen LogP contribution in [0.4, 0.5) is 5.82 Å². The second-order valence-corrected chi connectivity index (χ2v) is 6.11. The molecule has 2 aromatic heterocycles. The summed E-state index contributed by atoms with van der Waals surface area (Å²) in [5.41, 5.74) is 1.20. The number of anilines is 1. The third kappa shape index (κ3) is 3.25. The van der Waals surface area contributed by atoms with E-state index in [0.717, 1.165) is 13.1 Å². The molecule has 2 atom stereocenters. The van der Waals surface area contributed by atoms with Gasteiger partial charge in [-0.05, 0) is 5.56 Å². The van der Waals surface area contributed by atoms with Crippen LogP contribution in [0.5, 0.6) is 6.01 Å². The minimum absolute atomic E-state index is 0.317. The normalized spacial score (nSPS) is 21.0. The van der Waals surface area contributed by atoms with Gasteiger partial charge in [0.05, 0.1) is 26.1 Å². The van der Waals surface area contributed by atoms with Crippen LogP contribution >= 0.6 is 11.6 Å². The average molecular weight is 338 g/mol. The molecule has 0 amide bonds. The van der Waals surface area contributed by atoms with Crippen LogP contribution in [0.1, 0.15) is 11.5 Å². The molecule has 8 heteroatoms. The molecule has 0 aromatic carbocycles. The molecule has 1 aliphatic heterocycles. The molecule has 0 saturated carbocycles. The van der Waals surface area contributed by atoms with Crippen LogP contribution in [-0.2, 0) is 11.8 Å². The van der Waals surface area contributed by atoms with Crippen molar-refractivity contribution in [1.82, 2.24) is 19.7 Å². The first-order valence-electron chi connectivity index (χ1n) is 7.41. The molecular formula is C15H20ClN5O2. The summed E-state index contributed by atoms with van der Waals surface area (Å²) in [6.45, 7) is 2.29. The summed E-state index contributed by atoms with van der Waals surface area (Å²) in [6.07, 6.45) is 5.55. The summed E-state index contributed by atoms with van der Waals surface area (Å²) in [5, 5.41) is 4.81. The first kappa shape index (κ1) is 16.0. The molecule has 0 spiro atoms. The van der Waals surface area contributed by atoms with Crippen molar-refractivity contribution in [2.45, 2.75) is 5.92 Å². The van der Waals surface area contributed by atoms with Crippen LogP contribution < -0.4 is 9.64 Å². The molecule has 124 valence electrons. The number of ether oxygens (including phenoxy) is 2. The summed E-state index contributed by atoms with van der Waals surface area (Å²) >= 11 is 6.29. The van der Waals surface area contributed by atoms with Crippen LogP contribution in [0.2, 0.25) is 5.02 Å². The Morgan fingerprint density at radius 1 is 1.30 bits per heavy atom. The minimum atomic E-state index is 0.317. The zero-order valence-corrected chi connectivity index (χ0v) is 14.2. The molecule has 0 N–H and O–H groups in total. The van der Waals surface area contributed by atoms with E-state index in [1.807, 2.05) is 17.9 Å². The van der Waals surface area contributed by atoms with Gasteiger partial charge in [0.1, 0.15) is 5.02 Å². The Kier molecular flexibility index (Phi) is 4.68. The molecule has 23 heavy (non-hydrogen) atoms. The molecule has 1 fully saturated rings. The van der Waals surface area contributed by atoms with Gasteiger partial charge in [0.25, 0.3) is 0 Å². The van der Waals surface area contributed by atoms with E-state index in [1.165, 1.54) is 5.56 Å². The molecule has 1 aliphatic rings. The molecule has 1 saturated heterocycles. The molecule has 0 aliphatic carbocycles. The number of methoxy groups -OCH3 is 2. The highest BCUT2D eigenvalue weighted by atomic mass is 35.5. The maximum atomic E-state index is 6.29. The van der Waals surface area contributed by atoms with Gasteiger partial charge in [-0.3, -0.25) is 4.68 Å². The van der Waals surface area contributed by atoms with Crippen molar-refractivity contribution in [2.24, 2.45) is 13.0 Å². The number of halogens is 1. The standard InChI is InChI=1S/C15H20ClN5O2/c1-20-6-10(4-18-20)12-8-21(7-11(12)9-22-2)14-13(16)5-17-15(19-14)23-3/h4-6,11-12H,7-9H2,1-3H3/t11-,12-/m0/s1. The predicted octanol–water partition coefficient (Wildman–Crippen LogP) is 1.74. The van der Waals surface area contributed by atoms with E-state index in [0.29, 0.717) is 35.3 Å². The monoisotopic (exact) mass is 337 g/mol. The fourth-order valence-corrected chi connectivity index (χ4v) is 3.31. The summed E-state index contributed by atoms with van der Waals surface area (Å²) in [5.74, 6) is 1.37. The van der Waals surface area contributed by atoms with Gasteiger partial charge >= 0.3 is 6.01 Å². The van der Waals surface area contributed by atoms with Crippen LogP contribution in [0.15, 0.2) is 18.6 Å². The van der Waals surface area contributed by atoms with Crippen molar-refractivity contribution in [3.05, 3.63) is 29.2 Å². The van der Waals surface area contributed by atoms with E-state index in [1.54, 1.807) is 20.4 Å². The number of aryl methyl sites for hydroxylation is 1. The number of aromatic nitrogens is 4. The van der Waals surface area contributed by atoms with E-state index < -0.39 is 0 Å². The van der Waals surface area contributed by atoms with Gasteiger partial charge in [-0.15, -0.1) is 0 Å². The minimum Gasteiger partial charge on any atom is -0.467 e. The van der Waals surface area contributed by atoms with Gasteiger partial charge in [-0.25, -0.2) is 4.98 Å². The SMILES string of the molecule is COC[C@@H]1CN(c2nc(OC)ncc2Cl)C[C@H]1c1cnn(C)c1. The number of hydrogen-bond acceptors (Lipinski definition) is 6. The van der Waals surface area contributed by atoms with E-state index in [4.69, 9.17) is 21.1 Å². The highest BCUT2D eigenvalue weighted by molar-refractivity contribution is 6.32. The first-order valence-corrected chi connectivity index (χ1v) is 7.79. The van der Waals surface area contributed by atoms with Crippen LogP contribution in [-0.4, -0.2) is 53.7 Å². The van der Waals surface area contributed by atoms with Crippen molar-refractivity contribution >= 4 is 17.4 Å². The zero-order chi connectivity index (χ0) is 16.4. The fourth-order valence-electron chi connectivity index (χ4n) is 3.10. The summed E-state index contributed by atoms with van der Waals surface area (Å²) in [4.78, 5) is 10.6. The second-order valence-electron chi connectivity index (χ2n) is 5.70. The number of nitrogens with zero attached hydrogens (tertiary/aromatic N) is 5. The zero-order valence-electron chi connectivity index (χ0n) is 13.4. The lowest BCUT2D eigenvalue weighted by atomic mass is 9.92. The van der Waals surface area contributed by atoms with Gasteiger partial charge in [-0.2, -0.15) is 10.1 Å². The lowest BCUT2D eigenvalue weighted by Crippen LogP contribution is -2.22. The maximum Gasteiger partial charge on any atom is 0.318 e. The lowest BCUT2D eigenvalue weighted by molar-refractivity contribution is 0.153. The Balaban J connectivity index is 1.88. The van der Waals surface area contributed by atoms with Crippen LogP contribution in [0.25, 0.3) is 0 Å². The van der Waals surface area contributed by atoms with E-state index in [9.17, 15) is 0 Å². The smallest absolute Gasteiger partial charge is 0.318 e. The van der Waals surface area contributed by atoms with Crippen LogP contribution in [0, 0.1) is 5.92 Å².